The highest BCUT2D eigenvalue weighted by molar-refractivity contribution is 5.93. The van der Waals surface area contributed by atoms with Crippen molar-refractivity contribution in [3.63, 3.8) is 0 Å². The Kier molecular flexibility index (Phi) is 5.51. The van der Waals surface area contributed by atoms with Gasteiger partial charge in [0, 0.05) is 13.0 Å². The molecule has 1 heterocycles. The molecule has 8 heteroatoms. The third kappa shape index (κ3) is 3.89. The monoisotopic (exact) mass is 334 g/mol. The van der Waals surface area contributed by atoms with Gasteiger partial charge in [0.2, 0.25) is 0 Å². The number of hydrogen-bond donors (Lipinski definition) is 2. The number of hydrogen-bond acceptors (Lipinski definition) is 5. The molecule has 0 unspecified atom stereocenters. The average Bonchev–Trinajstić information content (AvgIpc) is 2.55. The van der Waals surface area contributed by atoms with Crippen LogP contribution < -0.4 is 11.2 Å². The van der Waals surface area contributed by atoms with Crippen molar-refractivity contribution in [3.8, 4) is 0 Å². The van der Waals surface area contributed by atoms with E-state index in [1.165, 1.54) is 25.3 Å². The molecule has 128 valence electrons. The second-order valence-corrected chi connectivity index (χ2v) is 5.34. The summed E-state index contributed by atoms with van der Waals surface area (Å²) in [7, 11) is 1.25. The van der Waals surface area contributed by atoms with E-state index < -0.39 is 23.2 Å². The van der Waals surface area contributed by atoms with E-state index in [1.807, 2.05) is 0 Å². The van der Waals surface area contributed by atoms with Gasteiger partial charge in [0.25, 0.3) is 5.56 Å². The van der Waals surface area contributed by atoms with Gasteiger partial charge in [-0.3, -0.25) is 14.2 Å². The molecule has 0 radical (unpaired) electrons. The molecular weight excluding hydrogens is 316 g/mol. The molecule has 1 aromatic heterocycles. The molecule has 0 saturated heterocycles. The summed E-state index contributed by atoms with van der Waals surface area (Å²) in [5.41, 5.74) is -0.488. The number of aromatic amines is 1. The molecule has 0 aliphatic carbocycles. The zero-order valence-electron chi connectivity index (χ0n) is 13.2. The van der Waals surface area contributed by atoms with Crippen molar-refractivity contribution in [1.29, 1.82) is 0 Å². The maximum Gasteiger partial charge on any atom is 0.337 e. The van der Waals surface area contributed by atoms with E-state index in [0.717, 1.165) is 4.57 Å². The Balaban J connectivity index is 2.23. The van der Waals surface area contributed by atoms with Crippen LogP contribution in [-0.4, -0.2) is 33.7 Å². The number of nitrogens with zero attached hydrogens (tertiary/aromatic N) is 1. The topological polar surface area (TPSA) is 118 Å². The van der Waals surface area contributed by atoms with Gasteiger partial charge < -0.3 is 14.8 Å². The Labute approximate surface area is 136 Å². The van der Waals surface area contributed by atoms with Crippen LogP contribution in [0.3, 0.4) is 0 Å². The van der Waals surface area contributed by atoms with Crippen molar-refractivity contribution in [2.75, 3.05) is 7.11 Å². The van der Waals surface area contributed by atoms with Gasteiger partial charge in [0.15, 0.2) is 0 Å². The third-order valence-corrected chi connectivity index (χ3v) is 3.68. The Morgan fingerprint density at radius 2 is 1.96 bits per heavy atom. The number of rotatable bonds is 7. The van der Waals surface area contributed by atoms with Crippen molar-refractivity contribution in [1.82, 2.24) is 9.55 Å². The molecule has 0 spiro atoms. The normalized spacial score (nSPS) is 10.7. The number of methoxy groups -OCH3 is 1. The number of carboxylic acid groups (broad SMARTS) is 1. The first-order chi connectivity index (χ1) is 11.4. The van der Waals surface area contributed by atoms with Crippen molar-refractivity contribution in [3.05, 3.63) is 44.6 Å². The molecule has 0 amide bonds. The van der Waals surface area contributed by atoms with Crippen LogP contribution in [0.15, 0.2) is 27.8 Å². The van der Waals surface area contributed by atoms with Gasteiger partial charge in [-0.25, -0.2) is 9.59 Å². The van der Waals surface area contributed by atoms with Crippen LogP contribution in [0.5, 0.6) is 0 Å². The zero-order chi connectivity index (χ0) is 17.7. The average molecular weight is 334 g/mol. The van der Waals surface area contributed by atoms with Gasteiger partial charge in [0.05, 0.1) is 23.6 Å². The van der Waals surface area contributed by atoms with Gasteiger partial charge >= 0.3 is 17.6 Å². The van der Waals surface area contributed by atoms with E-state index in [9.17, 15) is 19.2 Å². The summed E-state index contributed by atoms with van der Waals surface area (Å²) in [5.74, 6) is -1.42. The number of benzene rings is 1. The molecular formula is C16H18N2O6. The lowest BCUT2D eigenvalue weighted by Gasteiger charge is -2.07. The Hall–Kier alpha value is -2.90. The summed E-state index contributed by atoms with van der Waals surface area (Å²) in [6, 6.07) is 4.34. The molecule has 0 bridgehead atoms. The Morgan fingerprint density at radius 1 is 1.21 bits per heavy atom. The van der Waals surface area contributed by atoms with E-state index in [-0.39, 0.29) is 24.0 Å². The second kappa shape index (κ2) is 7.58. The first-order valence-corrected chi connectivity index (χ1v) is 7.51. The predicted octanol–water partition coefficient (Wildman–Crippen LogP) is 1.12. The van der Waals surface area contributed by atoms with Crippen molar-refractivity contribution < 1.29 is 19.4 Å². The van der Waals surface area contributed by atoms with Crippen molar-refractivity contribution >= 4 is 22.8 Å². The number of carbonyl (C=O) groups excluding carboxylic acids is 1. The third-order valence-electron chi connectivity index (χ3n) is 3.68. The van der Waals surface area contributed by atoms with Gasteiger partial charge in [-0.05, 0) is 31.0 Å². The molecule has 0 fully saturated rings. The lowest BCUT2D eigenvalue weighted by molar-refractivity contribution is -0.137. The fraction of sp³-hybridized carbons (Fsp3) is 0.375. The number of carbonyl (C=O) groups is 2. The van der Waals surface area contributed by atoms with Crippen LogP contribution in [0.1, 0.15) is 36.0 Å². The molecule has 0 saturated carbocycles. The summed E-state index contributed by atoms with van der Waals surface area (Å²) < 4.78 is 5.69. The molecule has 0 aliphatic heterocycles. The number of ether oxygens (including phenoxy) is 1. The quantitative estimate of drug-likeness (QED) is 0.578. The first kappa shape index (κ1) is 17.5. The summed E-state index contributed by atoms with van der Waals surface area (Å²) in [4.78, 5) is 49.0. The summed E-state index contributed by atoms with van der Waals surface area (Å²) >= 11 is 0. The van der Waals surface area contributed by atoms with Crippen molar-refractivity contribution in [2.45, 2.75) is 32.2 Å². The predicted molar refractivity (Wildman–Crippen MR) is 86.3 cm³/mol. The molecule has 24 heavy (non-hydrogen) atoms. The standard InChI is InChI=1S/C16H18N2O6/c1-24-15(22)10-6-7-11-12(9-10)17-16(23)18(14(11)21)8-4-2-3-5-13(19)20/h6-7,9H,2-5,8H2,1H3,(H,17,23)(H,19,20). The van der Waals surface area contributed by atoms with Gasteiger partial charge in [0.1, 0.15) is 0 Å². The number of fused-ring (bicyclic) bond motifs is 1. The molecule has 8 nitrogen and oxygen atoms in total. The Bertz CT molecular complexity index is 880. The minimum atomic E-state index is -0.864. The van der Waals surface area contributed by atoms with Crippen LogP contribution in [0.2, 0.25) is 0 Å². The maximum absolute atomic E-state index is 12.4. The van der Waals surface area contributed by atoms with E-state index in [2.05, 4.69) is 9.72 Å². The van der Waals surface area contributed by atoms with Crippen LogP contribution in [-0.2, 0) is 16.1 Å². The van der Waals surface area contributed by atoms with E-state index in [0.29, 0.717) is 24.6 Å². The van der Waals surface area contributed by atoms with E-state index in [4.69, 9.17) is 5.11 Å². The highest BCUT2D eigenvalue weighted by Crippen LogP contribution is 2.10. The summed E-state index contributed by atoms with van der Waals surface area (Å²) in [6.07, 6.45) is 1.71. The lowest BCUT2D eigenvalue weighted by Crippen LogP contribution is -2.35. The second-order valence-electron chi connectivity index (χ2n) is 5.34. The fourth-order valence-electron chi connectivity index (χ4n) is 2.43. The summed E-state index contributed by atoms with van der Waals surface area (Å²) in [5, 5.41) is 8.87. The SMILES string of the molecule is COC(=O)c1ccc2c(=O)n(CCCCCC(=O)O)c(=O)[nH]c2c1. The van der Waals surface area contributed by atoms with Crippen LogP contribution in [0.4, 0.5) is 0 Å². The number of nitrogens with one attached hydrogen (secondary N) is 1. The number of carboxylic acids is 1. The van der Waals surface area contributed by atoms with Crippen LogP contribution in [0, 0.1) is 0 Å². The maximum atomic E-state index is 12.4. The van der Waals surface area contributed by atoms with Crippen LogP contribution >= 0.6 is 0 Å². The highest BCUT2D eigenvalue weighted by Gasteiger charge is 2.11. The number of aromatic nitrogens is 2. The van der Waals surface area contributed by atoms with Crippen LogP contribution in [0.25, 0.3) is 10.9 Å². The van der Waals surface area contributed by atoms with E-state index >= 15 is 0 Å². The smallest absolute Gasteiger partial charge is 0.337 e. The van der Waals surface area contributed by atoms with Crippen molar-refractivity contribution in [2.24, 2.45) is 0 Å². The molecule has 1 aromatic carbocycles. The van der Waals surface area contributed by atoms with Gasteiger partial charge in [-0.15, -0.1) is 0 Å². The number of esters is 1. The van der Waals surface area contributed by atoms with Gasteiger partial charge in [-0.1, -0.05) is 6.42 Å². The minimum Gasteiger partial charge on any atom is -0.481 e. The summed E-state index contributed by atoms with van der Waals surface area (Å²) in [6.45, 7) is 0.211. The number of unbranched alkanes of at least 4 members (excludes halogenated alkanes) is 2. The van der Waals surface area contributed by atoms with E-state index in [1.54, 1.807) is 0 Å². The largest absolute Gasteiger partial charge is 0.481 e. The molecule has 0 atom stereocenters. The fourth-order valence-corrected chi connectivity index (χ4v) is 2.43. The Morgan fingerprint density at radius 3 is 2.62 bits per heavy atom. The highest BCUT2D eigenvalue weighted by atomic mass is 16.5. The zero-order valence-corrected chi connectivity index (χ0v) is 13.2. The molecule has 0 aliphatic rings. The minimum absolute atomic E-state index is 0.0687. The lowest BCUT2D eigenvalue weighted by atomic mass is 10.1. The molecule has 2 aromatic rings. The first-order valence-electron chi connectivity index (χ1n) is 7.51. The molecule has 2 rings (SSSR count). The number of aliphatic carboxylic acids is 1. The number of H-pyrrole nitrogens is 1. The van der Waals surface area contributed by atoms with Gasteiger partial charge in [-0.2, -0.15) is 0 Å². The molecule has 2 N–H and O–H groups in total.